The van der Waals surface area contributed by atoms with Gasteiger partial charge in [-0.15, -0.1) is 0 Å². The number of aliphatic imine (C=N–C) groups is 1. The highest BCUT2D eigenvalue weighted by Gasteiger charge is 2.48. The first-order valence-corrected chi connectivity index (χ1v) is 10.9. The topological polar surface area (TPSA) is 85.8 Å². The van der Waals surface area contributed by atoms with Crippen molar-refractivity contribution in [1.82, 2.24) is 20.9 Å². The molecule has 5 aliphatic heterocycles. The first kappa shape index (κ1) is 19.1. The van der Waals surface area contributed by atoms with Crippen molar-refractivity contribution in [2.45, 2.75) is 25.3 Å². The van der Waals surface area contributed by atoms with Crippen LogP contribution in [-0.4, -0.2) is 53.6 Å². The number of amides is 2. The zero-order valence-corrected chi connectivity index (χ0v) is 18.1. The number of likely N-dealkylation sites (N-methyl/N-ethyl adjacent to an activating group) is 1. The van der Waals surface area contributed by atoms with Crippen LogP contribution in [0.15, 0.2) is 81.9 Å². The molecule has 0 aliphatic carbocycles. The largest absolute Gasteiger partial charge is 0.369 e. The summed E-state index contributed by atoms with van der Waals surface area (Å²) in [6.45, 7) is 3.36. The average molecular weight is 430 g/mol. The molecule has 0 radical (unpaired) electrons. The molecule has 162 valence electrons. The maximum atomic E-state index is 12.9. The van der Waals surface area contributed by atoms with Gasteiger partial charge in [0.2, 0.25) is 11.8 Å². The molecule has 3 unspecified atom stereocenters. The maximum absolute atomic E-state index is 12.9. The van der Waals surface area contributed by atoms with E-state index in [0.29, 0.717) is 17.4 Å². The molecule has 5 aliphatic rings. The van der Waals surface area contributed by atoms with Crippen LogP contribution in [0.2, 0.25) is 0 Å². The van der Waals surface area contributed by atoms with Crippen LogP contribution in [0.4, 0.5) is 0 Å². The van der Waals surface area contributed by atoms with E-state index >= 15 is 0 Å². The molecule has 3 N–H and O–H groups in total. The van der Waals surface area contributed by atoms with Crippen molar-refractivity contribution >= 4 is 18.0 Å². The summed E-state index contributed by atoms with van der Waals surface area (Å²) in [4.78, 5) is 31.4. The Hall–Kier alpha value is -3.65. The second-order valence-corrected chi connectivity index (χ2v) is 8.96. The number of carbonyl (C=O) groups is 2. The molecule has 32 heavy (non-hydrogen) atoms. The Morgan fingerprint density at radius 2 is 1.91 bits per heavy atom. The molecule has 8 nitrogen and oxygen atoms in total. The van der Waals surface area contributed by atoms with E-state index in [4.69, 9.17) is 4.99 Å². The van der Waals surface area contributed by atoms with E-state index in [0.717, 1.165) is 41.0 Å². The molecular formula is C24H25N6O2+. The number of carbonyl (C=O) groups excluding carboxylic acids is 2. The van der Waals surface area contributed by atoms with Crippen LogP contribution < -0.4 is 16.0 Å². The quantitative estimate of drug-likeness (QED) is 0.490. The molecule has 0 spiro atoms. The molecule has 1 aromatic rings. The number of benzene rings is 1. The van der Waals surface area contributed by atoms with Crippen LogP contribution in [0.5, 0.6) is 0 Å². The number of β-lactam (4-membered cyclic amide) rings is 1. The van der Waals surface area contributed by atoms with Crippen LogP contribution in [0.3, 0.4) is 0 Å². The monoisotopic (exact) mass is 429 g/mol. The molecule has 1 aromatic carbocycles. The van der Waals surface area contributed by atoms with Crippen molar-refractivity contribution < 1.29 is 14.1 Å². The highest BCUT2D eigenvalue weighted by atomic mass is 16.2. The van der Waals surface area contributed by atoms with Gasteiger partial charge in [-0.05, 0) is 18.6 Å². The van der Waals surface area contributed by atoms with E-state index < -0.39 is 0 Å². The average Bonchev–Trinajstić information content (AvgIpc) is 3.37. The Morgan fingerprint density at radius 1 is 1.12 bits per heavy atom. The molecule has 5 heterocycles. The fourth-order valence-corrected chi connectivity index (χ4v) is 5.30. The second kappa shape index (κ2) is 6.67. The summed E-state index contributed by atoms with van der Waals surface area (Å²) in [5.41, 5.74) is 5.20. The van der Waals surface area contributed by atoms with Gasteiger partial charge in [0, 0.05) is 18.5 Å². The number of fused-ring (bicyclic) bond motifs is 1. The Morgan fingerprint density at radius 3 is 2.66 bits per heavy atom. The number of rotatable bonds is 2. The summed E-state index contributed by atoms with van der Waals surface area (Å²) in [6, 6.07) is 9.99. The van der Waals surface area contributed by atoms with Crippen LogP contribution in [0, 0.1) is 0 Å². The Bertz CT molecular complexity index is 1200. The number of quaternary nitrogens is 1. The smallest absolute Gasteiger partial charge is 0.256 e. The third kappa shape index (κ3) is 2.56. The molecule has 6 rings (SSSR count). The van der Waals surface area contributed by atoms with Gasteiger partial charge in [0.25, 0.3) is 5.82 Å². The van der Waals surface area contributed by atoms with Crippen LogP contribution in [-0.2, 0) is 9.59 Å². The van der Waals surface area contributed by atoms with Gasteiger partial charge in [-0.1, -0.05) is 30.3 Å². The van der Waals surface area contributed by atoms with Gasteiger partial charge in [-0.3, -0.25) is 9.59 Å². The second-order valence-electron chi connectivity index (χ2n) is 8.96. The molecule has 2 amide bonds. The van der Waals surface area contributed by atoms with E-state index in [1.165, 1.54) is 5.56 Å². The number of hydrogen-bond donors (Lipinski definition) is 3. The molecule has 3 atom stereocenters. The number of nitrogens with zero attached hydrogens (tertiary/aromatic N) is 3. The summed E-state index contributed by atoms with van der Waals surface area (Å²) in [6.07, 6.45) is 6.47. The van der Waals surface area contributed by atoms with Crippen molar-refractivity contribution in [2.75, 3.05) is 20.1 Å². The first-order chi connectivity index (χ1) is 15.5. The van der Waals surface area contributed by atoms with E-state index in [-0.39, 0.29) is 23.8 Å². The van der Waals surface area contributed by atoms with Gasteiger partial charge in [0.15, 0.2) is 5.70 Å². The van der Waals surface area contributed by atoms with Gasteiger partial charge in [-0.2, -0.15) is 0 Å². The first-order valence-electron chi connectivity index (χ1n) is 10.9. The van der Waals surface area contributed by atoms with E-state index in [1.807, 2.05) is 37.4 Å². The van der Waals surface area contributed by atoms with E-state index in [2.05, 4.69) is 46.1 Å². The number of hydrogen-bond acceptors (Lipinski definition) is 5. The summed E-state index contributed by atoms with van der Waals surface area (Å²) in [5, 5.41) is 9.39. The minimum atomic E-state index is -0.381. The van der Waals surface area contributed by atoms with Crippen molar-refractivity contribution in [2.24, 2.45) is 4.99 Å². The lowest BCUT2D eigenvalue weighted by Crippen LogP contribution is -2.53. The van der Waals surface area contributed by atoms with Crippen molar-refractivity contribution in [3.63, 3.8) is 0 Å². The lowest BCUT2D eigenvalue weighted by atomic mass is 9.94. The third-order valence-electron chi connectivity index (χ3n) is 7.03. The zero-order valence-electron chi connectivity index (χ0n) is 18.1. The molecule has 0 bridgehead atoms. The Labute approximate surface area is 186 Å². The molecule has 8 heteroatoms. The third-order valence-corrected chi connectivity index (χ3v) is 7.03. The predicted octanol–water partition coefficient (Wildman–Crippen LogP) is 1.36. The maximum Gasteiger partial charge on any atom is 0.256 e. The highest BCUT2D eigenvalue weighted by Crippen LogP contribution is 2.44. The number of nitrogens with one attached hydrogen (secondary N) is 3. The standard InChI is InChI=1S/C24H24N6O2/c1-14-24(32)28-22-21(16(13-26-22)15-6-4-3-5-7-15)29(14)18-8-9-19(17-12-20(31)27-17)30(2)11-10-25-23(18)30/h3-10,14,16,26H,11-13H2,1-2H3,(H-,27,28,31,32)/p+1. The summed E-state index contributed by atoms with van der Waals surface area (Å²) in [7, 11) is 2.12. The SMILES string of the molecule is CC1C(=O)NC2=C(C(c3ccccc3)CN2)N1C1=C2N=CC[N+]2(C)C(=C2CC(=O)N2)C=C1. The van der Waals surface area contributed by atoms with Crippen LogP contribution in [0.1, 0.15) is 24.8 Å². The number of allylic oxidation sites excluding steroid dienone is 2. The minimum Gasteiger partial charge on any atom is -0.369 e. The van der Waals surface area contributed by atoms with Crippen molar-refractivity contribution in [1.29, 1.82) is 0 Å². The van der Waals surface area contributed by atoms with Gasteiger partial charge in [0.05, 0.1) is 31.1 Å². The molecule has 0 aromatic heterocycles. The molecule has 1 fully saturated rings. The van der Waals surface area contributed by atoms with Crippen LogP contribution in [0.25, 0.3) is 0 Å². The van der Waals surface area contributed by atoms with Gasteiger partial charge in [0.1, 0.15) is 24.1 Å². The lowest BCUT2D eigenvalue weighted by Gasteiger charge is -2.42. The summed E-state index contributed by atoms with van der Waals surface area (Å²) < 4.78 is 0.484. The minimum absolute atomic E-state index is 0.0435. The van der Waals surface area contributed by atoms with Gasteiger partial charge < -0.3 is 20.9 Å². The Balaban J connectivity index is 1.49. The fraction of sp³-hybridized carbons (Fsp3) is 0.292. The van der Waals surface area contributed by atoms with Crippen LogP contribution >= 0.6 is 0 Å². The summed E-state index contributed by atoms with van der Waals surface area (Å²) >= 11 is 0. The normalized spacial score (nSPS) is 33.0. The fourth-order valence-electron chi connectivity index (χ4n) is 5.30. The van der Waals surface area contributed by atoms with Gasteiger partial charge >= 0.3 is 0 Å². The van der Waals surface area contributed by atoms with E-state index in [1.54, 1.807) is 0 Å². The van der Waals surface area contributed by atoms with Crippen molar-refractivity contribution in [3.8, 4) is 0 Å². The van der Waals surface area contributed by atoms with Crippen molar-refractivity contribution in [3.05, 3.63) is 82.5 Å². The van der Waals surface area contributed by atoms with Gasteiger partial charge in [-0.25, -0.2) is 9.48 Å². The summed E-state index contributed by atoms with van der Waals surface area (Å²) in [5.74, 6) is 1.78. The molecule has 1 saturated heterocycles. The highest BCUT2D eigenvalue weighted by molar-refractivity contribution is 5.88. The zero-order chi connectivity index (χ0) is 22.0. The predicted molar refractivity (Wildman–Crippen MR) is 119 cm³/mol. The molecule has 0 saturated carbocycles. The lowest BCUT2D eigenvalue weighted by molar-refractivity contribution is -0.819. The Kier molecular flexibility index (Phi) is 3.98. The molecular weight excluding hydrogens is 404 g/mol. The van der Waals surface area contributed by atoms with E-state index in [9.17, 15) is 9.59 Å².